The minimum atomic E-state index is -0.248. The fourth-order valence-electron chi connectivity index (χ4n) is 3.64. The molecule has 0 unspecified atom stereocenters. The molecule has 152 valence electrons. The third-order valence-electron chi connectivity index (χ3n) is 5.26. The first-order valence-electron chi connectivity index (χ1n) is 10.3. The summed E-state index contributed by atoms with van der Waals surface area (Å²) in [5.74, 6) is -0.489. The Morgan fingerprint density at radius 2 is 1.20 bits per heavy atom. The van der Waals surface area contributed by atoms with Crippen LogP contribution in [-0.4, -0.2) is 24.9 Å². The lowest BCUT2D eigenvalue weighted by Crippen LogP contribution is -2.29. The number of rotatable bonds is 5. The van der Waals surface area contributed by atoms with Gasteiger partial charge in [-0.1, -0.05) is 24.3 Å². The van der Waals surface area contributed by atoms with Crippen molar-refractivity contribution in [1.29, 1.82) is 0 Å². The van der Waals surface area contributed by atoms with Gasteiger partial charge in [0.05, 0.1) is 0 Å². The van der Waals surface area contributed by atoms with Crippen molar-refractivity contribution in [3.05, 3.63) is 90.0 Å². The van der Waals surface area contributed by atoms with E-state index in [1.807, 2.05) is 54.6 Å². The zero-order valence-electron chi connectivity index (χ0n) is 16.8. The lowest BCUT2D eigenvalue weighted by molar-refractivity contribution is 0.102. The number of para-hydroxylation sites is 1. The molecule has 30 heavy (non-hydrogen) atoms. The first-order chi connectivity index (χ1) is 14.7. The summed E-state index contributed by atoms with van der Waals surface area (Å²) in [4.78, 5) is 27.5. The number of nitrogens with zero attached hydrogens (tertiary/aromatic N) is 1. The van der Waals surface area contributed by atoms with Crippen LogP contribution in [0.5, 0.6) is 0 Å². The van der Waals surface area contributed by atoms with Crippen molar-refractivity contribution in [2.24, 2.45) is 0 Å². The zero-order valence-corrected chi connectivity index (χ0v) is 16.8. The van der Waals surface area contributed by atoms with Gasteiger partial charge >= 0.3 is 0 Å². The molecule has 2 amide bonds. The Morgan fingerprint density at radius 3 is 1.80 bits per heavy atom. The fraction of sp³-hybridized carbons (Fsp3) is 0.200. The predicted molar refractivity (Wildman–Crippen MR) is 121 cm³/mol. The first kappa shape index (κ1) is 19.7. The van der Waals surface area contributed by atoms with Gasteiger partial charge in [-0.15, -0.1) is 0 Å². The van der Waals surface area contributed by atoms with Gasteiger partial charge in [0.1, 0.15) is 0 Å². The molecular formula is C25H25N3O2. The van der Waals surface area contributed by atoms with Gasteiger partial charge in [0.15, 0.2) is 0 Å². The second kappa shape index (κ2) is 9.27. The molecule has 1 heterocycles. The number of hydrogen-bond acceptors (Lipinski definition) is 3. The van der Waals surface area contributed by atoms with Gasteiger partial charge in [0, 0.05) is 41.3 Å². The summed E-state index contributed by atoms with van der Waals surface area (Å²) in [5.41, 5.74) is 3.51. The Morgan fingerprint density at radius 1 is 0.633 bits per heavy atom. The van der Waals surface area contributed by atoms with Crippen LogP contribution in [0.1, 0.15) is 40.0 Å². The van der Waals surface area contributed by atoms with Crippen LogP contribution in [0.4, 0.5) is 17.1 Å². The van der Waals surface area contributed by atoms with Gasteiger partial charge in [-0.05, 0) is 73.9 Å². The summed E-state index contributed by atoms with van der Waals surface area (Å²) < 4.78 is 0. The monoisotopic (exact) mass is 399 g/mol. The van der Waals surface area contributed by atoms with E-state index in [-0.39, 0.29) is 11.8 Å². The van der Waals surface area contributed by atoms with Gasteiger partial charge in [0.2, 0.25) is 0 Å². The lowest BCUT2D eigenvalue weighted by atomic mass is 10.1. The molecule has 5 nitrogen and oxygen atoms in total. The predicted octanol–water partition coefficient (Wildman–Crippen LogP) is 5.18. The smallest absolute Gasteiger partial charge is 0.255 e. The minimum absolute atomic E-state index is 0.241. The molecule has 1 saturated heterocycles. The van der Waals surface area contributed by atoms with E-state index in [9.17, 15) is 9.59 Å². The van der Waals surface area contributed by atoms with Crippen molar-refractivity contribution in [1.82, 2.24) is 0 Å². The first-order valence-corrected chi connectivity index (χ1v) is 10.3. The summed E-state index contributed by atoms with van der Waals surface area (Å²) >= 11 is 0. The average Bonchev–Trinajstić information content (AvgIpc) is 2.81. The maximum Gasteiger partial charge on any atom is 0.255 e. The molecule has 0 aliphatic carbocycles. The van der Waals surface area contributed by atoms with Gasteiger partial charge in [-0.3, -0.25) is 9.59 Å². The molecule has 0 spiro atoms. The van der Waals surface area contributed by atoms with Crippen LogP contribution in [0.15, 0.2) is 78.9 Å². The van der Waals surface area contributed by atoms with Crippen LogP contribution in [0.25, 0.3) is 0 Å². The van der Waals surface area contributed by atoms with Gasteiger partial charge in [0.25, 0.3) is 11.8 Å². The van der Waals surface area contributed by atoms with E-state index in [0.717, 1.165) is 18.8 Å². The van der Waals surface area contributed by atoms with Crippen LogP contribution in [0.3, 0.4) is 0 Å². The summed E-state index contributed by atoms with van der Waals surface area (Å²) in [6, 6.07) is 23.9. The van der Waals surface area contributed by atoms with Crippen molar-refractivity contribution in [2.45, 2.75) is 19.3 Å². The van der Waals surface area contributed by atoms with Gasteiger partial charge in [-0.25, -0.2) is 0 Å². The Kier molecular flexibility index (Phi) is 6.09. The third kappa shape index (κ3) is 4.87. The highest BCUT2D eigenvalue weighted by atomic mass is 16.2. The number of anilines is 3. The number of amides is 2. The van der Waals surface area contributed by atoms with Crippen LogP contribution >= 0.6 is 0 Å². The van der Waals surface area contributed by atoms with Crippen molar-refractivity contribution in [2.75, 3.05) is 28.6 Å². The molecule has 2 N–H and O–H groups in total. The van der Waals surface area contributed by atoms with Crippen LogP contribution < -0.4 is 15.5 Å². The highest BCUT2D eigenvalue weighted by Crippen LogP contribution is 2.22. The van der Waals surface area contributed by atoms with E-state index in [1.165, 1.54) is 24.9 Å². The highest BCUT2D eigenvalue weighted by molar-refractivity contribution is 6.08. The molecule has 1 aliphatic heterocycles. The van der Waals surface area contributed by atoms with E-state index in [0.29, 0.717) is 16.8 Å². The van der Waals surface area contributed by atoms with Crippen LogP contribution in [-0.2, 0) is 0 Å². The molecule has 0 aromatic heterocycles. The van der Waals surface area contributed by atoms with E-state index in [1.54, 1.807) is 24.3 Å². The molecule has 0 saturated carbocycles. The maximum absolute atomic E-state index is 12.7. The van der Waals surface area contributed by atoms with Crippen molar-refractivity contribution in [3.8, 4) is 0 Å². The fourth-order valence-corrected chi connectivity index (χ4v) is 3.64. The largest absolute Gasteiger partial charge is 0.372 e. The van der Waals surface area contributed by atoms with Crippen molar-refractivity contribution < 1.29 is 9.59 Å². The summed E-state index contributed by atoms with van der Waals surface area (Å²) in [5, 5.41) is 5.75. The van der Waals surface area contributed by atoms with Crippen LogP contribution in [0.2, 0.25) is 0 Å². The van der Waals surface area contributed by atoms with Crippen molar-refractivity contribution in [3.63, 3.8) is 0 Å². The second-order valence-electron chi connectivity index (χ2n) is 7.45. The minimum Gasteiger partial charge on any atom is -0.372 e. The normalized spacial score (nSPS) is 13.5. The van der Waals surface area contributed by atoms with Crippen molar-refractivity contribution >= 4 is 28.9 Å². The molecule has 0 bridgehead atoms. The Bertz CT molecular complexity index is 1010. The summed E-state index contributed by atoms with van der Waals surface area (Å²) in [7, 11) is 0. The number of benzene rings is 3. The quantitative estimate of drug-likeness (QED) is 0.621. The number of hydrogen-bond donors (Lipinski definition) is 2. The van der Waals surface area contributed by atoms with Gasteiger partial charge in [-0.2, -0.15) is 0 Å². The molecule has 3 aromatic carbocycles. The van der Waals surface area contributed by atoms with Crippen LogP contribution in [0, 0.1) is 0 Å². The van der Waals surface area contributed by atoms with E-state index in [4.69, 9.17) is 0 Å². The molecule has 1 fully saturated rings. The Balaban J connectivity index is 1.41. The number of nitrogens with one attached hydrogen (secondary N) is 2. The Hall–Kier alpha value is -3.60. The topological polar surface area (TPSA) is 61.4 Å². The Labute approximate surface area is 176 Å². The van der Waals surface area contributed by atoms with E-state index >= 15 is 0 Å². The average molecular weight is 399 g/mol. The third-order valence-corrected chi connectivity index (χ3v) is 5.26. The number of carbonyl (C=O) groups is 2. The second-order valence-corrected chi connectivity index (χ2v) is 7.45. The zero-order chi connectivity index (χ0) is 20.8. The SMILES string of the molecule is O=C(Nc1ccccc1)c1cccc(C(=O)Nc2ccc(N3CCCCC3)cc2)c1. The molecule has 5 heteroatoms. The lowest BCUT2D eigenvalue weighted by Gasteiger charge is -2.28. The maximum atomic E-state index is 12.7. The molecule has 4 rings (SSSR count). The van der Waals surface area contributed by atoms with E-state index < -0.39 is 0 Å². The standard InChI is InChI=1S/C25H25N3O2/c29-24(26-21-10-3-1-4-11-21)19-8-7-9-20(18-19)25(30)27-22-12-14-23(15-13-22)28-16-5-2-6-17-28/h1,3-4,7-15,18H,2,5-6,16-17H2,(H,26,29)(H,27,30). The number of piperidine rings is 1. The van der Waals surface area contributed by atoms with Gasteiger partial charge < -0.3 is 15.5 Å². The molecule has 1 aliphatic rings. The summed E-state index contributed by atoms with van der Waals surface area (Å²) in [6.07, 6.45) is 3.76. The summed E-state index contributed by atoms with van der Waals surface area (Å²) in [6.45, 7) is 2.17. The molecule has 0 radical (unpaired) electrons. The number of carbonyl (C=O) groups excluding carboxylic acids is 2. The molecule has 0 atom stereocenters. The molecular weight excluding hydrogens is 374 g/mol. The molecule has 3 aromatic rings. The highest BCUT2D eigenvalue weighted by Gasteiger charge is 2.13. The van der Waals surface area contributed by atoms with E-state index in [2.05, 4.69) is 15.5 Å².